The molecule has 0 atom stereocenters. The maximum atomic E-state index is 8.70. The Bertz CT molecular complexity index is 315. The Balaban J connectivity index is 3.05. The summed E-state index contributed by atoms with van der Waals surface area (Å²) in [6.07, 6.45) is 1.69. The molecule has 0 fully saturated rings. The maximum Gasteiger partial charge on any atom is 0.231 e. The van der Waals surface area contributed by atoms with E-state index in [1.807, 2.05) is 19.9 Å². The number of nitrogens with zero attached hydrogens (tertiary/aromatic N) is 2. The number of aryl methyl sites for hydroxylation is 1. The van der Waals surface area contributed by atoms with Crippen LogP contribution in [0.4, 0.5) is 0 Å². The van der Waals surface area contributed by atoms with Crippen molar-refractivity contribution in [3.05, 3.63) is 23.4 Å². The van der Waals surface area contributed by atoms with E-state index in [2.05, 4.69) is 4.98 Å². The van der Waals surface area contributed by atoms with E-state index in [9.17, 15) is 0 Å². The maximum absolute atomic E-state index is 8.70. The first-order chi connectivity index (χ1) is 5.77. The van der Waals surface area contributed by atoms with Gasteiger partial charge in [0.25, 0.3) is 0 Å². The molecule has 0 aromatic carbocycles. The van der Waals surface area contributed by atoms with Crippen molar-refractivity contribution in [1.29, 1.82) is 5.26 Å². The number of aromatic nitrogens is 1. The molecule has 0 N–H and O–H groups in total. The predicted octanol–water partition coefficient (Wildman–Crippen LogP) is 1.66. The molecule has 0 saturated carbocycles. The van der Waals surface area contributed by atoms with Gasteiger partial charge >= 0.3 is 0 Å². The Kier molecular flexibility index (Phi) is 2.65. The minimum atomic E-state index is 0.422. The smallest absolute Gasteiger partial charge is 0.231 e. The molecule has 1 rings (SSSR count). The highest BCUT2D eigenvalue weighted by Crippen LogP contribution is 2.14. The molecule has 12 heavy (non-hydrogen) atoms. The quantitative estimate of drug-likeness (QED) is 0.664. The fourth-order valence-corrected chi connectivity index (χ4v) is 0.888. The van der Waals surface area contributed by atoms with Crippen molar-refractivity contribution in [1.82, 2.24) is 4.98 Å². The fraction of sp³-hybridized carbons (Fsp3) is 0.333. The van der Waals surface area contributed by atoms with E-state index >= 15 is 0 Å². The van der Waals surface area contributed by atoms with Gasteiger partial charge in [-0.15, -0.1) is 0 Å². The lowest BCUT2D eigenvalue weighted by atomic mass is 10.2. The normalized spacial score (nSPS) is 9.08. The van der Waals surface area contributed by atoms with Gasteiger partial charge in [-0.3, -0.25) is 0 Å². The average molecular weight is 162 g/mol. The Morgan fingerprint density at radius 2 is 2.42 bits per heavy atom. The van der Waals surface area contributed by atoms with Crippen molar-refractivity contribution < 1.29 is 4.74 Å². The number of hydrogen-bond donors (Lipinski definition) is 0. The Hall–Kier alpha value is -1.56. The second-order valence-electron chi connectivity index (χ2n) is 2.41. The molecule has 62 valence electrons. The van der Waals surface area contributed by atoms with Gasteiger partial charge < -0.3 is 4.74 Å². The van der Waals surface area contributed by atoms with E-state index in [4.69, 9.17) is 10.00 Å². The van der Waals surface area contributed by atoms with Crippen LogP contribution >= 0.6 is 0 Å². The van der Waals surface area contributed by atoms with Crippen molar-refractivity contribution >= 4 is 0 Å². The number of nitriles is 1. The highest BCUT2D eigenvalue weighted by molar-refractivity contribution is 5.39. The topological polar surface area (TPSA) is 45.9 Å². The molecule has 3 nitrogen and oxygen atoms in total. The lowest BCUT2D eigenvalue weighted by Gasteiger charge is -2.03. The highest BCUT2D eigenvalue weighted by Gasteiger charge is 2.02. The molecule has 0 bridgehead atoms. The lowest BCUT2D eigenvalue weighted by molar-refractivity contribution is 0.325. The summed E-state index contributed by atoms with van der Waals surface area (Å²) in [5.74, 6) is 0.422. The first kappa shape index (κ1) is 8.54. The number of rotatable bonds is 2. The molecule has 0 saturated heterocycles. The van der Waals surface area contributed by atoms with Crippen molar-refractivity contribution in [2.75, 3.05) is 6.61 Å². The molecule has 1 aromatic heterocycles. The molecule has 0 aliphatic carbocycles. The van der Waals surface area contributed by atoms with Crippen molar-refractivity contribution in [2.24, 2.45) is 0 Å². The second-order valence-corrected chi connectivity index (χ2v) is 2.41. The summed E-state index contributed by atoms with van der Waals surface area (Å²) in [5, 5.41) is 8.70. The fourth-order valence-electron chi connectivity index (χ4n) is 0.888. The Morgan fingerprint density at radius 1 is 1.67 bits per heavy atom. The summed E-state index contributed by atoms with van der Waals surface area (Å²) in [4.78, 5) is 3.99. The second kappa shape index (κ2) is 3.72. The van der Waals surface area contributed by atoms with E-state index in [-0.39, 0.29) is 0 Å². The van der Waals surface area contributed by atoms with E-state index in [0.717, 1.165) is 5.56 Å². The van der Waals surface area contributed by atoms with Gasteiger partial charge in [0.15, 0.2) is 0 Å². The monoisotopic (exact) mass is 162 g/mol. The molecule has 0 amide bonds. The Labute approximate surface area is 71.6 Å². The van der Waals surface area contributed by atoms with Crippen LogP contribution in [0.15, 0.2) is 12.3 Å². The summed E-state index contributed by atoms with van der Waals surface area (Å²) in [7, 11) is 0. The number of hydrogen-bond acceptors (Lipinski definition) is 3. The molecule has 1 heterocycles. The molecule has 0 radical (unpaired) electrons. The minimum Gasteiger partial charge on any atom is -0.477 e. The van der Waals surface area contributed by atoms with Crippen LogP contribution < -0.4 is 4.74 Å². The van der Waals surface area contributed by atoms with E-state index in [0.29, 0.717) is 18.1 Å². The SMILES string of the molecule is CCOc1ncc(C)cc1C#N. The first-order valence-electron chi connectivity index (χ1n) is 3.77. The van der Waals surface area contributed by atoms with Gasteiger partial charge in [-0.2, -0.15) is 5.26 Å². The zero-order valence-corrected chi connectivity index (χ0v) is 7.16. The van der Waals surface area contributed by atoms with Gasteiger partial charge in [0.1, 0.15) is 11.6 Å². The van der Waals surface area contributed by atoms with Gasteiger partial charge in [-0.1, -0.05) is 0 Å². The van der Waals surface area contributed by atoms with E-state index < -0.39 is 0 Å². The van der Waals surface area contributed by atoms with Crippen LogP contribution in [0, 0.1) is 18.3 Å². The highest BCUT2D eigenvalue weighted by atomic mass is 16.5. The first-order valence-corrected chi connectivity index (χ1v) is 3.77. The Morgan fingerprint density at radius 3 is 3.00 bits per heavy atom. The summed E-state index contributed by atoms with van der Waals surface area (Å²) < 4.78 is 5.15. The molecule has 0 spiro atoms. The largest absolute Gasteiger partial charge is 0.477 e. The van der Waals surface area contributed by atoms with Crippen molar-refractivity contribution in [2.45, 2.75) is 13.8 Å². The van der Waals surface area contributed by atoms with Gasteiger partial charge in [0, 0.05) is 6.20 Å². The minimum absolute atomic E-state index is 0.422. The van der Waals surface area contributed by atoms with Crippen molar-refractivity contribution in [3.63, 3.8) is 0 Å². The zero-order valence-electron chi connectivity index (χ0n) is 7.16. The summed E-state index contributed by atoms with van der Waals surface area (Å²) >= 11 is 0. The van der Waals surface area contributed by atoms with Crippen LogP contribution in [-0.2, 0) is 0 Å². The lowest BCUT2D eigenvalue weighted by Crippen LogP contribution is -1.97. The van der Waals surface area contributed by atoms with Crippen LogP contribution in [0.3, 0.4) is 0 Å². The molecule has 0 aliphatic heterocycles. The van der Waals surface area contributed by atoms with Crippen LogP contribution in [0.2, 0.25) is 0 Å². The van der Waals surface area contributed by atoms with E-state index in [1.165, 1.54) is 0 Å². The molecule has 0 unspecified atom stereocenters. The third kappa shape index (κ3) is 1.73. The van der Waals surface area contributed by atoms with Gasteiger partial charge in [0.2, 0.25) is 5.88 Å². The van der Waals surface area contributed by atoms with Crippen molar-refractivity contribution in [3.8, 4) is 11.9 Å². The molecule has 3 heteroatoms. The summed E-state index contributed by atoms with van der Waals surface area (Å²) in [6.45, 7) is 4.29. The number of ether oxygens (including phenoxy) is 1. The molecule has 0 aliphatic rings. The molecule has 1 aromatic rings. The van der Waals surface area contributed by atoms with E-state index in [1.54, 1.807) is 12.3 Å². The summed E-state index contributed by atoms with van der Waals surface area (Å²) in [5.41, 5.74) is 1.46. The standard InChI is InChI=1S/C9H10N2O/c1-3-12-9-8(5-10)4-7(2)6-11-9/h4,6H,3H2,1-2H3. The van der Waals surface area contributed by atoms with Gasteiger partial charge in [-0.05, 0) is 25.5 Å². The average Bonchev–Trinajstić information content (AvgIpc) is 2.08. The molecular formula is C9H10N2O. The van der Waals surface area contributed by atoms with Crippen LogP contribution in [0.25, 0.3) is 0 Å². The zero-order chi connectivity index (χ0) is 8.97. The van der Waals surface area contributed by atoms with Crippen LogP contribution in [0.5, 0.6) is 5.88 Å². The van der Waals surface area contributed by atoms with Gasteiger partial charge in [-0.25, -0.2) is 4.98 Å². The molecular weight excluding hydrogens is 152 g/mol. The van der Waals surface area contributed by atoms with Crippen LogP contribution in [-0.4, -0.2) is 11.6 Å². The third-order valence-electron chi connectivity index (χ3n) is 1.39. The third-order valence-corrected chi connectivity index (χ3v) is 1.39. The number of pyridine rings is 1. The summed E-state index contributed by atoms with van der Waals surface area (Å²) in [6, 6.07) is 3.80. The van der Waals surface area contributed by atoms with Gasteiger partial charge in [0.05, 0.1) is 6.61 Å². The van der Waals surface area contributed by atoms with Crippen LogP contribution in [0.1, 0.15) is 18.1 Å². The predicted molar refractivity (Wildman–Crippen MR) is 44.9 cm³/mol.